The van der Waals surface area contributed by atoms with E-state index in [4.69, 9.17) is 0 Å². The molecule has 0 saturated carbocycles. The quantitative estimate of drug-likeness (QED) is 0.741. The number of aromatic nitrogens is 2. The van der Waals surface area contributed by atoms with Gasteiger partial charge in [0.1, 0.15) is 5.56 Å². The van der Waals surface area contributed by atoms with Crippen LogP contribution in [0.4, 0.5) is 5.69 Å². The zero-order valence-corrected chi connectivity index (χ0v) is 11.2. The van der Waals surface area contributed by atoms with Crippen molar-refractivity contribution in [3.05, 3.63) is 56.2 Å². The van der Waals surface area contributed by atoms with Crippen LogP contribution in [0.3, 0.4) is 0 Å². The van der Waals surface area contributed by atoms with Crippen LogP contribution in [0.2, 0.25) is 0 Å². The normalized spacial score (nSPS) is 11.3. The Morgan fingerprint density at radius 3 is 2.35 bits per heavy atom. The first kappa shape index (κ1) is 13.8. The second-order valence-corrected chi connectivity index (χ2v) is 4.67. The minimum atomic E-state index is -0.758. The molecule has 0 saturated heterocycles. The molecule has 0 aliphatic rings. The van der Waals surface area contributed by atoms with Crippen molar-refractivity contribution < 1.29 is 5.11 Å². The molecule has 0 radical (unpaired) electrons. The van der Waals surface area contributed by atoms with Gasteiger partial charge in [0.05, 0.1) is 5.69 Å². The molecule has 20 heavy (non-hydrogen) atoms. The molecule has 0 atom stereocenters. The van der Waals surface area contributed by atoms with Crippen molar-refractivity contribution in [3.63, 3.8) is 0 Å². The van der Waals surface area contributed by atoms with Crippen LogP contribution < -0.4 is 11.2 Å². The fourth-order valence-corrected chi connectivity index (χ4v) is 1.69. The molecule has 2 aromatic rings. The summed E-state index contributed by atoms with van der Waals surface area (Å²) in [5, 5.41) is 9.50. The topological polar surface area (TPSA) is 98.3 Å². The van der Waals surface area contributed by atoms with Gasteiger partial charge in [-0.25, -0.2) is 4.79 Å². The summed E-state index contributed by atoms with van der Waals surface area (Å²) in [7, 11) is 0. The molecule has 6 heteroatoms. The Morgan fingerprint density at radius 1 is 1.15 bits per heavy atom. The van der Waals surface area contributed by atoms with Crippen molar-refractivity contribution in [2.24, 2.45) is 4.99 Å². The Labute approximate surface area is 114 Å². The number of H-pyrrole nitrogens is 2. The van der Waals surface area contributed by atoms with E-state index in [-0.39, 0.29) is 5.56 Å². The first-order chi connectivity index (χ1) is 9.47. The number of nitrogens with one attached hydrogen (secondary N) is 2. The molecule has 104 valence electrons. The summed E-state index contributed by atoms with van der Waals surface area (Å²) in [5.74, 6) is -0.0691. The van der Waals surface area contributed by atoms with E-state index in [1.54, 1.807) is 0 Å². The lowest BCUT2D eigenvalue weighted by atomic mass is 10.0. The largest absolute Gasteiger partial charge is 0.494 e. The second kappa shape index (κ2) is 5.56. The Morgan fingerprint density at radius 2 is 1.80 bits per heavy atom. The van der Waals surface area contributed by atoms with E-state index in [9.17, 15) is 14.7 Å². The molecule has 1 aromatic heterocycles. The highest BCUT2D eigenvalue weighted by molar-refractivity contribution is 5.83. The average Bonchev–Trinajstić information content (AvgIpc) is 2.38. The van der Waals surface area contributed by atoms with Gasteiger partial charge in [-0.15, -0.1) is 0 Å². The Balaban J connectivity index is 2.30. The molecule has 3 N–H and O–H groups in total. The van der Waals surface area contributed by atoms with Gasteiger partial charge in [0, 0.05) is 6.21 Å². The molecule has 2 rings (SSSR count). The predicted molar refractivity (Wildman–Crippen MR) is 77.1 cm³/mol. The van der Waals surface area contributed by atoms with Crippen molar-refractivity contribution in [2.75, 3.05) is 0 Å². The van der Waals surface area contributed by atoms with Crippen LogP contribution in [-0.2, 0) is 0 Å². The number of benzene rings is 1. The maximum Gasteiger partial charge on any atom is 0.328 e. The molecule has 0 unspecified atom stereocenters. The van der Waals surface area contributed by atoms with Crippen molar-refractivity contribution in [2.45, 2.75) is 19.8 Å². The standard InChI is InChI=1S/C14H15N3O3/c1-8(2)9-3-5-10(6-4-9)15-7-11-12(18)16-14(20)17-13(11)19/h3-8H,1-2H3,(H3,16,17,18,19,20). The van der Waals surface area contributed by atoms with Gasteiger partial charge >= 0.3 is 5.69 Å². The minimum Gasteiger partial charge on any atom is -0.494 e. The van der Waals surface area contributed by atoms with Gasteiger partial charge in [0.25, 0.3) is 5.56 Å². The van der Waals surface area contributed by atoms with Gasteiger partial charge in [0.2, 0.25) is 5.88 Å². The van der Waals surface area contributed by atoms with Crippen molar-refractivity contribution in [1.29, 1.82) is 0 Å². The third-order valence-corrected chi connectivity index (χ3v) is 2.86. The lowest BCUT2D eigenvalue weighted by Crippen LogP contribution is -2.24. The van der Waals surface area contributed by atoms with Gasteiger partial charge in [0.15, 0.2) is 0 Å². The van der Waals surface area contributed by atoms with Gasteiger partial charge in [-0.3, -0.25) is 19.8 Å². The number of aromatic hydroxyl groups is 1. The van der Waals surface area contributed by atoms with Crippen LogP contribution in [0.1, 0.15) is 30.9 Å². The monoisotopic (exact) mass is 273 g/mol. The molecule has 0 spiro atoms. The summed E-state index contributed by atoms with van der Waals surface area (Å²) in [6, 6.07) is 7.55. The first-order valence-corrected chi connectivity index (χ1v) is 6.17. The number of hydrogen-bond acceptors (Lipinski definition) is 4. The Kier molecular flexibility index (Phi) is 3.84. The average molecular weight is 273 g/mol. The molecule has 6 nitrogen and oxygen atoms in total. The van der Waals surface area contributed by atoms with E-state index >= 15 is 0 Å². The predicted octanol–water partition coefficient (Wildman–Crippen LogP) is 1.64. The fourth-order valence-electron chi connectivity index (χ4n) is 1.69. The van der Waals surface area contributed by atoms with E-state index in [1.165, 1.54) is 11.8 Å². The van der Waals surface area contributed by atoms with Gasteiger partial charge in [-0.1, -0.05) is 26.0 Å². The summed E-state index contributed by atoms with van der Waals surface area (Å²) in [6.45, 7) is 4.19. The number of hydrogen-bond donors (Lipinski definition) is 3. The molecule has 0 fully saturated rings. The Hall–Kier alpha value is -2.63. The van der Waals surface area contributed by atoms with Crippen LogP contribution in [0.5, 0.6) is 5.88 Å². The van der Waals surface area contributed by atoms with E-state index < -0.39 is 17.1 Å². The molecule has 0 amide bonds. The number of aromatic amines is 2. The van der Waals surface area contributed by atoms with Crippen molar-refractivity contribution >= 4 is 11.9 Å². The van der Waals surface area contributed by atoms with Crippen LogP contribution in [0, 0.1) is 0 Å². The second-order valence-electron chi connectivity index (χ2n) is 4.67. The molecule has 0 aliphatic heterocycles. The van der Waals surface area contributed by atoms with Gasteiger partial charge in [-0.05, 0) is 23.6 Å². The van der Waals surface area contributed by atoms with E-state index in [0.29, 0.717) is 11.6 Å². The van der Waals surface area contributed by atoms with Crippen LogP contribution in [-0.4, -0.2) is 21.3 Å². The summed E-state index contributed by atoms with van der Waals surface area (Å²) >= 11 is 0. The van der Waals surface area contributed by atoms with Gasteiger partial charge in [-0.2, -0.15) is 0 Å². The number of rotatable bonds is 3. The molecular weight excluding hydrogens is 258 g/mol. The highest BCUT2D eigenvalue weighted by Crippen LogP contribution is 2.19. The third kappa shape index (κ3) is 3.03. The highest BCUT2D eigenvalue weighted by atomic mass is 16.3. The molecule has 1 heterocycles. The number of aliphatic imine (C=N–C) groups is 1. The fraction of sp³-hybridized carbons (Fsp3) is 0.214. The lowest BCUT2D eigenvalue weighted by Gasteiger charge is -2.04. The molecule has 1 aromatic carbocycles. The highest BCUT2D eigenvalue weighted by Gasteiger charge is 2.05. The number of nitrogens with zero attached hydrogens (tertiary/aromatic N) is 1. The molecule has 0 aliphatic carbocycles. The molecular formula is C14H15N3O3. The summed E-state index contributed by atoms with van der Waals surface area (Å²) in [6.07, 6.45) is 1.22. The maximum absolute atomic E-state index is 11.5. The summed E-state index contributed by atoms with van der Waals surface area (Å²) in [4.78, 5) is 30.6. The van der Waals surface area contributed by atoms with E-state index in [0.717, 1.165) is 0 Å². The summed E-state index contributed by atoms with van der Waals surface area (Å²) in [5.41, 5.74) is 0.311. The van der Waals surface area contributed by atoms with E-state index in [1.807, 2.05) is 29.2 Å². The van der Waals surface area contributed by atoms with Crippen LogP contribution in [0.25, 0.3) is 0 Å². The lowest BCUT2D eigenvalue weighted by molar-refractivity contribution is 0.447. The zero-order chi connectivity index (χ0) is 14.7. The first-order valence-electron chi connectivity index (χ1n) is 6.17. The third-order valence-electron chi connectivity index (χ3n) is 2.86. The molecule has 0 bridgehead atoms. The van der Waals surface area contributed by atoms with Crippen molar-refractivity contribution in [3.8, 4) is 5.88 Å². The van der Waals surface area contributed by atoms with E-state index in [2.05, 4.69) is 23.8 Å². The minimum absolute atomic E-state index is 0.0856. The van der Waals surface area contributed by atoms with Crippen LogP contribution in [0.15, 0.2) is 38.8 Å². The zero-order valence-electron chi connectivity index (χ0n) is 11.2. The summed E-state index contributed by atoms with van der Waals surface area (Å²) < 4.78 is 0. The SMILES string of the molecule is CC(C)c1ccc(N=Cc2c(O)[nH]c(=O)[nH]c2=O)cc1. The maximum atomic E-state index is 11.5. The van der Waals surface area contributed by atoms with Crippen LogP contribution >= 0.6 is 0 Å². The smallest absolute Gasteiger partial charge is 0.328 e. The van der Waals surface area contributed by atoms with Crippen molar-refractivity contribution in [1.82, 2.24) is 9.97 Å². The van der Waals surface area contributed by atoms with Gasteiger partial charge < -0.3 is 5.11 Å². The Bertz CT molecular complexity index is 739.